The molecule has 0 fully saturated rings. The Kier molecular flexibility index (Phi) is 4.19. The molecule has 3 aromatic rings. The number of carbonyl (C=O) groups is 1. The second kappa shape index (κ2) is 6.44. The van der Waals surface area contributed by atoms with Gasteiger partial charge in [0.1, 0.15) is 5.75 Å². The van der Waals surface area contributed by atoms with Gasteiger partial charge in [0.15, 0.2) is 0 Å². The monoisotopic (exact) mass is 313 g/mol. The number of ether oxygens (including phenoxy) is 1. The Morgan fingerprint density at radius 1 is 0.913 bits per heavy atom. The van der Waals surface area contributed by atoms with Gasteiger partial charge in [-0.1, -0.05) is 36.4 Å². The molecule has 0 heterocycles. The van der Waals surface area contributed by atoms with Crippen LogP contribution in [0.3, 0.4) is 0 Å². The fourth-order valence-corrected chi connectivity index (χ4v) is 2.32. The first-order chi connectivity index (χ1) is 11.1. The zero-order chi connectivity index (χ0) is 16.2. The molecule has 3 aromatic carbocycles. The molecule has 0 saturated heterocycles. The van der Waals surface area contributed by atoms with Gasteiger partial charge in [-0.15, -0.1) is 0 Å². The minimum atomic E-state index is -2.88. The van der Waals surface area contributed by atoms with Crippen LogP contribution in [0.4, 0.5) is 14.5 Å². The number of benzene rings is 3. The molecule has 0 saturated carbocycles. The summed E-state index contributed by atoms with van der Waals surface area (Å²) in [5, 5.41) is 4.78. The summed E-state index contributed by atoms with van der Waals surface area (Å²) in [6.07, 6.45) is 0. The van der Waals surface area contributed by atoms with E-state index >= 15 is 0 Å². The predicted octanol–water partition coefficient (Wildman–Crippen LogP) is 4.69. The van der Waals surface area contributed by atoms with Crippen molar-refractivity contribution in [1.82, 2.24) is 0 Å². The molecule has 3 nitrogen and oxygen atoms in total. The van der Waals surface area contributed by atoms with Crippen molar-refractivity contribution in [3.05, 3.63) is 72.3 Å². The third-order valence-electron chi connectivity index (χ3n) is 3.38. The van der Waals surface area contributed by atoms with Crippen LogP contribution in [0.15, 0.2) is 66.7 Å². The maximum atomic E-state index is 12.3. The largest absolute Gasteiger partial charge is 0.435 e. The number of hydrogen-bond acceptors (Lipinski definition) is 2. The Bertz CT molecular complexity index is 827. The first-order valence-corrected chi connectivity index (χ1v) is 6.97. The van der Waals surface area contributed by atoms with E-state index in [1.54, 1.807) is 0 Å². The molecular formula is C18H13F2NO2. The van der Waals surface area contributed by atoms with Crippen LogP contribution in [0.2, 0.25) is 0 Å². The Balaban J connectivity index is 1.81. The molecule has 0 spiro atoms. The van der Waals surface area contributed by atoms with E-state index in [0.717, 1.165) is 10.8 Å². The zero-order valence-electron chi connectivity index (χ0n) is 12.0. The van der Waals surface area contributed by atoms with Crippen LogP contribution >= 0.6 is 0 Å². The van der Waals surface area contributed by atoms with Crippen LogP contribution in [-0.2, 0) is 0 Å². The third-order valence-corrected chi connectivity index (χ3v) is 3.38. The Hall–Kier alpha value is -2.95. The van der Waals surface area contributed by atoms with Crippen LogP contribution in [0.5, 0.6) is 5.75 Å². The Morgan fingerprint density at radius 3 is 2.35 bits per heavy atom. The van der Waals surface area contributed by atoms with E-state index in [2.05, 4.69) is 10.1 Å². The standard InChI is InChI=1S/C18H13F2NO2/c19-18(20)23-14-10-8-13(9-11-14)17(22)21-16-7-3-5-12-4-1-2-6-15(12)16/h1-11,18H,(H,21,22). The fourth-order valence-electron chi connectivity index (χ4n) is 2.32. The molecule has 0 aliphatic rings. The van der Waals surface area contributed by atoms with Gasteiger partial charge >= 0.3 is 6.61 Å². The minimum absolute atomic E-state index is 0.0155. The Labute approximate surface area is 131 Å². The first-order valence-electron chi connectivity index (χ1n) is 6.97. The summed E-state index contributed by atoms with van der Waals surface area (Å²) in [6, 6.07) is 18.9. The number of amides is 1. The van der Waals surface area contributed by atoms with Crippen LogP contribution < -0.4 is 10.1 Å². The lowest BCUT2D eigenvalue weighted by atomic mass is 10.1. The molecule has 1 N–H and O–H groups in total. The van der Waals surface area contributed by atoms with E-state index < -0.39 is 6.61 Å². The summed E-state index contributed by atoms with van der Waals surface area (Å²) in [7, 11) is 0. The number of alkyl halides is 2. The second-order valence-corrected chi connectivity index (χ2v) is 4.88. The average molecular weight is 313 g/mol. The van der Waals surface area contributed by atoms with Gasteiger partial charge in [-0.2, -0.15) is 8.78 Å². The topological polar surface area (TPSA) is 38.3 Å². The van der Waals surface area contributed by atoms with Crippen molar-refractivity contribution in [3.63, 3.8) is 0 Å². The molecule has 0 bridgehead atoms. The second-order valence-electron chi connectivity index (χ2n) is 4.88. The van der Waals surface area contributed by atoms with E-state index in [1.807, 2.05) is 42.5 Å². The maximum absolute atomic E-state index is 12.3. The highest BCUT2D eigenvalue weighted by molar-refractivity contribution is 6.09. The summed E-state index contributed by atoms with van der Waals surface area (Å²) in [6.45, 7) is -2.88. The predicted molar refractivity (Wildman–Crippen MR) is 85.0 cm³/mol. The molecule has 0 atom stereocenters. The van der Waals surface area contributed by atoms with Crippen molar-refractivity contribution in [2.75, 3.05) is 5.32 Å². The van der Waals surface area contributed by atoms with E-state index in [9.17, 15) is 13.6 Å². The van der Waals surface area contributed by atoms with E-state index in [4.69, 9.17) is 0 Å². The number of anilines is 1. The van der Waals surface area contributed by atoms with E-state index in [0.29, 0.717) is 11.3 Å². The van der Waals surface area contributed by atoms with Gasteiger partial charge in [0.25, 0.3) is 5.91 Å². The average Bonchev–Trinajstić information content (AvgIpc) is 2.55. The van der Waals surface area contributed by atoms with Crippen molar-refractivity contribution >= 4 is 22.4 Å². The summed E-state index contributed by atoms with van der Waals surface area (Å²) < 4.78 is 28.5. The van der Waals surface area contributed by atoms with Gasteiger partial charge in [0.2, 0.25) is 0 Å². The van der Waals surface area contributed by atoms with Crippen LogP contribution in [0.1, 0.15) is 10.4 Å². The molecule has 1 amide bonds. The highest BCUT2D eigenvalue weighted by Gasteiger charge is 2.09. The number of nitrogens with one attached hydrogen (secondary N) is 1. The number of fused-ring (bicyclic) bond motifs is 1. The Morgan fingerprint density at radius 2 is 1.61 bits per heavy atom. The molecule has 0 aliphatic carbocycles. The fraction of sp³-hybridized carbons (Fsp3) is 0.0556. The zero-order valence-corrected chi connectivity index (χ0v) is 12.0. The van der Waals surface area contributed by atoms with Crippen molar-refractivity contribution in [2.24, 2.45) is 0 Å². The summed E-state index contributed by atoms with van der Waals surface area (Å²) in [5.41, 5.74) is 1.06. The lowest BCUT2D eigenvalue weighted by molar-refractivity contribution is -0.0498. The van der Waals surface area contributed by atoms with Crippen LogP contribution in [0.25, 0.3) is 10.8 Å². The number of halogens is 2. The number of carbonyl (C=O) groups excluding carboxylic acids is 1. The van der Waals surface area contributed by atoms with Crippen LogP contribution in [-0.4, -0.2) is 12.5 Å². The third kappa shape index (κ3) is 3.45. The molecular weight excluding hydrogens is 300 g/mol. The highest BCUT2D eigenvalue weighted by Crippen LogP contribution is 2.24. The molecule has 116 valence electrons. The van der Waals surface area contributed by atoms with Crippen molar-refractivity contribution < 1.29 is 18.3 Å². The minimum Gasteiger partial charge on any atom is -0.435 e. The van der Waals surface area contributed by atoms with Gasteiger partial charge in [-0.05, 0) is 35.7 Å². The molecule has 0 aromatic heterocycles. The van der Waals surface area contributed by atoms with E-state index in [1.165, 1.54) is 24.3 Å². The lowest BCUT2D eigenvalue weighted by Crippen LogP contribution is -2.12. The first kappa shape index (κ1) is 15.0. The molecule has 23 heavy (non-hydrogen) atoms. The lowest BCUT2D eigenvalue weighted by Gasteiger charge is -2.09. The van der Waals surface area contributed by atoms with Crippen molar-refractivity contribution in [2.45, 2.75) is 6.61 Å². The number of rotatable bonds is 4. The molecule has 3 rings (SSSR count). The van der Waals surface area contributed by atoms with Crippen molar-refractivity contribution in [1.29, 1.82) is 0 Å². The number of hydrogen-bond donors (Lipinski definition) is 1. The quantitative estimate of drug-likeness (QED) is 0.758. The normalized spacial score (nSPS) is 10.7. The van der Waals surface area contributed by atoms with Gasteiger partial charge < -0.3 is 10.1 Å². The van der Waals surface area contributed by atoms with Gasteiger partial charge in [0.05, 0.1) is 0 Å². The smallest absolute Gasteiger partial charge is 0.387 e. The van der Waals surface area contributed by atoms with Gasteiger partial charge in [-0.3, -0.25) is 4.79 Å². The van der Waals surface area contributed by atoms with E-state index in [-0.39, 0.29) is 11.7 Å². The van der Waals surface area contributed by atoms with Gasteiger partial charge in [0, 0.05) is 16.6 Å². The maximum Gasteiger partial charge on any atom is 0.387 e. The molecule has 0 aliphatic heterocycles. The summed E-state index contributed by atoms with van der Waals surface area (Å²) >= 11 is 0. The van der Waals surface area contributed by atoms with Crippen LogP contribution in [0, 0.1) is 0 Å². The summed E-state index contributed by atoms with van der Waals surface area (Å²) in [5.74, 6) is -0.299. The molecule has 5 heteroatoms. The summed E-state index contributed by atoms with van der Waals surface area (Å²) in [4.78, 5) is 12.3. The SMILES string of the molecule is O=C(Nc1cccc2ccccc12)c1ccc(OC(F)F)cc1. The molecule has 0 unspecified atom stereocenters. The highest BCUT2D eigenvalue weighted by atomic mass is 19.3. The van der Waals surface area contributed by atoms with Crippen molar-refractivity contribution in [3.8, 4) is 5.75 Å². The van der Waals surface area contributed by atoms with Gasteiger partial charge in [-0.25, -0.2) is 0 Å². The molecule has 0 radical (unpaired) electrons.